The molecule has 0 spiro atoms. The molecular formula is C15H10F3N5OS. The van der Waals surface area contributed by atoms with Gasteiger partial charge in [-0.25, -0.2) is 13.2 Å². The Balaban J connectivity index is 1.78. The standard InChI is InChI=1S/C15H10F3N5OS/c1-6-9(7(2)24-22-6)5-11-19-20-15-23(11)21-14(25-15)8-3-4-10(16)13(18)12(8)17/h3-4H,5H2,1-2H3. The van der Waals surface area contributed by atoms with Gasteiger partial charge in [0.1, 0.15) is 5.76 Å². The molecule has 6 nitrogen and oxygen atoms in total. The first-order chi connectivity index (χ1) is 12.0. The number of nitrogens with zero attached hydrogens (tertiary/aromatic N) is 5. The molecule has 0 saturated heterocycles. The van der Waals surface area contributed by atoms with E-state index in [2.05, 4.69) is 20.5 Å². The van der Waals surface area contributed by atoms with Crippen LogP contribution in [0.1, 0.15) is 22.8 Å². The predicted molar refractivity (Wildman–Crippen MR) is 82.8 cm³/mol. The van der Waals surface area contributed by atoms with Crippen LogP contribution in [0.25, 0.3) is 15.5 Å². The lowest BCUT2D eigenvalue weighted by Gasteiger charge is -2.00. The lowest BCUT2D eigenvalue weighted by Crippen LogP contribution is -2.00. The van der Waals surface area contributed by atoms with Gasteiger partial charge in [-0.3, -0.25) is 0 Å². The summed E-state index contributed by atoms with van der Waals surface area (Å²) in [4.78, 5) is 0.417. The molecule has 3 heterocycles. The Hall–Kier alpha value is -2.75. The second-order valence-corrected chi connectivity index (χ2v) is 6.38. The Morgan fingerprint density at radius 3 is 2.64 bits per heavy atom. The van der Waals surface area contributed by atoms with Crippen molar-refractivity contribution in [1.82, 2.24) is 25.0 Å². The van der Waals surface area contributed by atoms with Crippen molar-refractivity contribution in [3.05, 3.63) is 52.4 Å². The summed E-state index contributed by atoms with van der Waals surface area (Å²) >= 11 is 1.03. The molecule has 0 N–H and O–H groups in total. The van der Waals surface area contributed by atoms with Gasteiger partial charge >= 0.3 is 0 Å². The lowest BCUT2D eigenvalue weighted by atomic mass is 10.1. The maximum atomic E-state index is 14.0. The van der Waals surface area contributed by atoms with Gasteiger partial charge in [0.05, 0.1) is 11.3 Å². The zero-order valence-electron chi connectivity index (χ0n) is 13.0. The van der Waals surface area contributed by atoms with E-state index in [9.17, 15) is 13.2 Å². The third kappa shape index (κ3) is 2.49. The van der Waals surface area contributed by atoms with Crippen LogP contribution >= 0.6 is 11.3 Å². The number of hydrogen-bond donors (Lipinski definition) is 0. The molecule has 4 aromatic rings. The van der Waals surface area contributed by atoms with Gasteiger partial charge in [0, 0.05) is 12.0 Å². The Kier molecular flexibility index (Phi) is 3.57. The summed E-state index contributed by atoms with van der Waals surface area (Å²) in [7, 11) is 0. The first-order valence-electron chi connectivity index (χ1n) is 7.22. The topological polar surface area (TPSA) is 69.1 Å². The van der Waals surface area contributed by atoms with Crippen LogP contribution in [0.5, 0.6) is 0 Å². The smallest absolute Gasteiger partial charge is 0.234 e. The van der Waals surface area contributed by atoms with Crippen molar-refractivity contribution < 1.29 is 17.7 Å². The van der Waals surface area contributed by atoms with Gasteiger partial charge < -0.3 is 4.52 Å². The summed E-state index contributed by atoms with van der Waals surface area (Å²) in [6, 6.07) is 2.01. The van der Waals surface area contributed by atoms with Gasteiger partial charge in [-0.05, 0) is 26.0 Å². The lowest BCUT2D eigenvalue weighted by molar-refractivity contribution is 0.392. The maximum absolute atomic E-state index is 14.0. The Morgan fingerprint density at radius 2 is 1.92 bits per heavy atom. The molecule has 0 radical (unpaired) electrons. The SMILES string of the molecule is Cc1noc(C)c1Cc1nnc2sc(-c3ccc(F)c(F)c3F)nn12. The maximum Gasteiger partial charge on any atom is 0.234 e. The van der Waals surface area contributed by atoms with E-state index < -0.39 is 17.5 Å². The van der Waals surface area contributed by atoms with Gasteiger partial charge in [-0.2, -0.15) is 9.61 Å². The zero-order chi connectivity index (χ0) is 17.7. The van der Waals surface area contributed by atoms with Gasteiger partial charge in [0.25, 0.3) is 0 Å². The molecule has 1 aromatic carbocycles. The van der Waals surface area contributed by atoms with Crippen LogP contribution in [-0.4, -0.2) is 25.0 Å². The molecule has 128 valence electrons. The minimum Gasteiger partial charge on any atom is -0.361 e. The van der Waals surface area contributed by atoms with Crippen molar-refractivity contribution in [3.63, 3.8) is 0 Å². The van der Waals surface area contributed by atoms with Crippen LogP contribution in [0.2, 0.25) is 0 Å². The molecule has 0 fully saturated rings. The molecule has 4 rings (SSSR count). The van der Waals surface area contributed by atoms with Crippen LogP contribution in [0.3, 0.4) is 0 Å². The molecule has 0 bridgehead atoms. The summed E-state index contributed by atoms with van der Waals surface area (Å²) in [5, 5.41) is 16.4. The fourth-order valence-electron chi connectivity index (χ4n) is 2.48. The average Bonchev–Trinajstić information content (AvgIpc) is 3.24. The first-order valence-corrected chi connectivity index (χ1v) is 8.04. The van der Waals surface area contributed by atoms with Crippen molar-refractivity contribution in [2.75, 3.05) is 0 Å². The fraction of sp³-hybridized carbons (Fsp3) is 0.200. The largest absolute Gasteiger partial charge is 0.361 e. The molecule has 25 heavy (non-hydrogen) atoms. The number of fused-ring (bicyclic) bond motifs is 1. The average molecular weight is 365 g/mol. The quantitative estimate of drug-likeness (QED) is 0.520. The molecular weight excluding hydrogens is 355 g/mol. The second kappa shape index (κ2) is 5.66. The van der Waals surface area contributed by atoms with Crippen LogP contribution in [-0.2, 0) is 6.42 Å². The van der Waals surface area contributed by atoms with E-state index in [1.165, 1.54) is 4.52 Å². The van der Waals surface area contributed by atoms with Gasteiger partial charge in [-0.15, -0.1) is 10.2 Å². The number of benzene rings is 1. The Morgan fingerprint density at radius 1 is 1.12 bits per heavy atom. The Labute approximate surface area is 142 Å². The van der Waals surface area contributed by atoms with Gasteiger partial charge in [0.2, 0.25) is 4.96 Å². The summed E-state index contributed by atoms with van der Waals surface area (Å²) in [5.41, 5.74) is 1.47. The van der Waals surface area contributed by atoms with E-state index in [-0.39, 0.29) is 10.6 Å². The fourth-order valence-corrected chi connectivity index (χ4v) is 3.36. The molecule has 10 heteroatoms. The molecule has 0 amide bonds. The van der Waals surface area contributed by atoms with Crippen molar-refractivity contribution >= 4 is 16.3 Å². The minimum atomic E-state index is -1.53. The Bertz CT molecular complexity index is 1080. The highest BCUT2D eigenvalue weighted by atomic mass is 32.1. The molecule has 0 atom stereocenters. The number of aromatic nitrogens is 5. The summed E-state index contributed by atoms with van der Waals surface area (Å²) < 4.78 is 47.1. The van der Waals surface area contributed by atoms with E-state index >= 15 is 0 Å². The van der Waals surface area contributed by atoms with Crippen molar-refractivity contribution in [1.29, 1.82) is 0 Å². The van der Waals surface area contributed by atoms with E-state index in [4.69, 9.17) is 4.52 Å². The van der Waals surface area contributed by atoms with Crippen LogP contribution < -0.4 is 0 Å². The summed E-state index contributed by atoms with van der Waals surface area (Å²) in [5.74, 6) is -2.88. The predicted octanol–water partition coefficient (Wildman–Crippen LogP) is 3.47. The number of hydrogen-bond acceptors (Lipinski definition) is 6. The third-order valence-electron chi connectivity index (χ3n) is 3.84. The minimum absolute atomic E-state index is 0.127. The van der Waals surface area contributed by atoms with Crippen LogP contribution in [0.15, 0.2) is 16.7 Å². The number of aryl methyl sites for hydroxylation is 2. The molecule has 0 unspecified atom stereocenters. The van der Waals surface area contributed by atoms with Gasteiger partial charge in [0.15, 0.2) is 28.3 Å². The number of rotatable bonds is 3. The van der Waals surface area contributed by atoms with Crippen molar-refractivity contribution in [2.24, 2.45) is 0 Å². The summed E-state index contributed by atoms with van der Waals surface area (Å²) in [6.45, 7) is 3.60. The second-order valence-electron chi connectivity index (χ2n) is 5.42. The molecule has 0 aliphatic rings. The summed E-state index contributed by atoms with van der Waals surface area (Å²) in [6.07, 6.45) is 0.381. The van der Waals surface area contributed by atoms with Crippen molar-refractivity contribution in [3.8, 4) is 10.6 Å². The van der Waals surface area contributed by atoms with Crippen molar-refractivity contribution in [2.45, 2.75) is 20.3 Å². The third-order valence-corrected chi connectivity index (χ3v) is 4.77. The van der Waals surface area contributed by atoms with Gasteiger partial charge in [-0.1, -0.05) is 16.5 Å². The highest BCUT2D eigenvalue weighted by molar-refractivity contribution is 7.19. The molecule has 0 aliphatic carbocycles. The zero-order valence-corrected chi connectivity index (χ0v) is 13.9. The molecule has 0 saturated carbocycles. The number of halogens is 3. The van der Waals surface area contributed by atoms with E-state index in [1.807, 2.05) is 6.92 Å². The monoisotopic (exact) mass is 365 g/mol. The first kappa shape index (κ1) is 15.8. The van der Waals surface area contributed by atoms with Crippen LogP contribution in [0, 0.1) is 31.3 Å². The normalized spacial score (nSPS) is 11.6. The highest BCUT2D eigenvalue weighted by Crippen LogP contribution is 2.30. The molecule has 0 aliphatic heterocycles. The van der Waals surface area contributed by atoms with E-state index in [0.29, 0.717) is 23.0 Å². The molecule has 3 aromatic heterocycles. The van der Waals surface area contributed by atoms with E-state index in [1.54, 1.807) is 6.92 Å². The van der Waals surface area contributed by atoms with Crippen LogP contribution in [0.4, 0.5) is 13.2 Å². The van der Waals surface area contributed by atoms with E-state index in [0.717, 1.165) is 34.7 Å². The highest BCUT2D eigenvalue weighted by Gasteiger charge is 2.21.